The largest absolute Gasteiger partial charge is 0.348 e. The standard InChI is InChI=1S/C23H35N3O5.CH4O3S/c27-20(21(28)26-7-5-24-6-8-26)25-14-15-1-3-22(4-2-15)29-23(31-30-22)18-10-16-9-17(12-18)13-19(23)11-16;1-5(2,3)4/h15-19,24H,1-14H2,(H,25,27);1H3,(H,2,3,4). The molecule has 3 N–H and O–H groups in total. The number of amides is 2. The van der Waals surface area contributed by atoms with E-state index in [2.05, 4.69) is 10.6 Å². The summed E-state index contributed by atoms with van der Waals surface area (Å²) in [4.78, 5) is 38.3. The van der Waals surface area contributed by atoms with Crippen LogP contribution in [0.25, 0.3) is 0 Å². The molecule has 2 heterocycles. The Labute approximate surface area is 212 Å². The van der Waals surface area contributed by atoms with E-state index in [9.17, 15) is 18.0 Å². The van der Waals surface area contributed by atoms with Gasteiger partial charge in [0.15, 0.2) is 0 Å². The lowest BCUT2D eigenvalue weighted by Crippen LogP contribution is -2.59. The van der Waals surface area contributed by atoms with Crippen LogP contribution in [0, 0.1) is 29.6 Å². The topological polar surface area (TPSA) is 144 Å². The molecule has 7 fully saturated rings. The van der Waals surface area contributed by atoms with Gasteiger partial charge in [0.1, 0.15) is 0 Å². The van der Waals surface area contributed by atoms with Gasteiger partial charge in [-0.3, -0.25) is 14.1 Å². The van der Waals surface area contributed by atoms with Crippen molar-refractivity contribution >= 4 is 21.9 Å². The number of hydrogen-bond donors (Lipinski definition) is 3. The molecule has 36 heavy (non-hydrogen) atoms. The minimum Gasteiger partial charge on any atom is -0.348 e. The molecule has 0 atom stereocenters. The zero-order valence-electron chi connectivity index (χ0n) is 20.9. The van der Waals surface area contributed by atoms with Crippen molar-refractivity contribution in [1.29, 1.82) is 0 Å². The normalized spacial score (nSPS) is 41.3. The summed E-state index contributed by atoms with van der Waals surface area (Å²) >= 11 is 0. The Kier molecular flexibility index (Phi) is 7.38. The Morgan fingerprint density at radius 1 is 1.00 bits per heavy atom. The van der Waals surface area contributed by atoms with Gasteiger partial charge >= 0.3 is 11.8 Å². The van der Waals surface area contributed by atoms with Crippen LogP contribution in [0.4, 0.5) is 0 Å². The lowest BCUT2D eigenvalue weighted by atomic mass is 9.53. The summed E-state index contributed by atoms with van der Waals surface area (Å²) in [5.74, 6) is 1.01. The number of carbonyl (C=O) groups excluding carboxylic acids is 2. The van der Waals surface area contributed by atoms with Crippen LogP contribution >= 0.6 is 0 Å². The summed E-state index contributed by atoms with van der Waals surface area (Å²) in [5.41, 5.74) is 0. The van der Waals surface area contributed by atoms with Gasteiger partial charge in [-0.1, -0.05) is 0 Å². The molecule has 0 aromatic rings. The molecule has 2 amide bonds. The molecule has 11 nitrogen and oxygen atoms in total. The van der Waals surface area contributed by atoms with Crippen molar-refractivity contribution < 1.29 is 37.1 Å². The summed E-state index contributed by atoms with van der Waals surface area (Å²) < 4.78 is 32.6. The van der Waals surface area contributed by atoms with Crippen molar-refractivity contribution in [3.05, 3.63) is 0 Å². The highest BCUT2D eigenvalue weighted by Gasteiger charge is 2.66. The molecule has 4 bridgehead atoms. The first kappa shape index (κ1) is 26.3. The first-order chi connectivity index (χ1) is 17.1. The van der Waals surface area contributed by atoms with Crippen LogP contribution < -0.4 is 10.6 Å². The molecule has 0 unspecified atom stereocenters. The lowest BCUT2D eigenvalue weighted by molar-refractivity contribution is -0.390. The Morgan fingerprint density at radius 3 is 2.11 bits per heavy atom. The number of hydrogen-bond acceptors (Lipinski definition) is 8. The van der Waals surface area contributed by atoms with Crippen molar-refractivity contribution in [2.75, 3.05) is 39.0 Å². The summed E-state index contributed by atoms with van der Waals surface area (Å²) in [6.07, 6.45) is 10.4. The van der Waals surface area contributed by atoms with E-state index in [0.29, 0.717) is 43.6 Å². The molecule has 5 saturated carbocycles. The van der Waals surface area contributed by atoms with Gasteiger partial charge in [0.25, 0.3) is 10.1 Å². The van der Waals surface area contributed by atoms with Gasteiger partial charge in [-0.2, -0.15) is 18.2 Å². The van der Waals surface area contributed by atoms with E-state index >= 15 is 0 Å². The SMILES string of the molecule is CS(=O)(=O)O.O=C(NCC1CCC2(CC1)OOC1(O2)C2CC3CC(C2)CC1C3)C(=O)N1CCNCC1. The average Bonchev–Trinajstić information content (AvgIpc) is 3.20. The second-order valence-electron chi connectivity index (χ2n) is 11.6. The van der Waals surface area contributed by atoms with E-state index in [-0.39, 0.29) is 0 Å². The van der Waals surface area contributed by atoms with Gasteiger partial charge in [0, 0.05) is 57.4 Å². The van der Waals surface area contributed by atoms with Gasteiger partial charge in [0.05, 0.1) is 6.26 Å². The second kappa shape index (κ2) is 10.1. The molecule has 0 aromatic heterocycles. The third-order valence-corrected chi connectivity index (χ3v) is 8.96. The quantitative estimate of drug-likeness (QED) is 0.272. The fourth-order valence-corrected chi connectivity index (χ4v) is 7.44. The highest BCUT2D eigenvalue weighted by molar-refractivity contribution is 7.85. The number of nitrogens with one attached hydrogen (secondary N) is 2. The van der Waals surface area contributed by atoms with Gasteiger partial charge in [-0.25, -0.2) is 0 Å². The predicted molar refractivity (Wildman–Crippen MR) is 128 cm³/mol. The van der Waals surface area contributed by atoms with Crippen LogP contribution in [0.15, 0.2) is 0 Å². The van der Waals surface area contributed by atoms with Gasteiger partial charge < -0.3 is 20.3 Å². The first-order valence-electron chi connectivity index (χ1n) is 13.3. The molecule has 2 saturated heterocycles. The molecule has 204 valence electrons. The molecule has 12 heteroatoms. The average molecular weight is 530 g/mol. The number of rotatable bonds is 2. The summed E-state index contributed by atoms with van der Waals surface area (Å²) in [6, 6.07) is 0. The van der Waals surface area contributed by atoms with Gasteiger partial charge in [-0.15, -0.1) is 0 Å². The minimum absolute atomic E-state index is 0.340. The van der Waals surface area contributed by atoms with E-state index in [0.717, 1.165) is 50.6 Å². The first-order valence-corrected chi connectivity index (χ1v) is 15.2. The highest BCUT2D eigenvalue weighted by atomic mass is 32.2. The monoisotopic (exact) mass is 529 g/mol. The van der Waals surface area contributed by atoms with E-state index in [1.54, 1.807) is 4.90 Å². The number of carbonyl (C=O) groups is 2. The van der Waals surface area contributed by atoms with Crippen molar-refractivity contribution in [1.82, 2.24) is 15.5 Å². The summed E-state index contributed by atoms with van der Waals surface area (Å²) in [6.45, 7) is 3.22. The highest BCUT2D eigenvalue weighted by Crippen LogP contribution is 2.63. The molecule has 5 aliphatic carbocycles. The molecule has 7 rings (SSSR count). The fourth-order valence-electron chi connectivity index (χ4n) is 7.44. The van der Waals surface area contributed by atoms with Crippen LogP contribution in [0.1, 0.15) is 57.8 Å². The third-order valence-electron chi connectivity index (χ3n) is 8.96. The Bertz CT molecular complexity index is 907. The zero-order valence-corrected chi connectivity index (χ0v) is 21.8. The summed E-state index contributed by atoms with van der Waals surface area (Å²) in [7, 11) is -3.67. The van der Waals surface area contributed by atoms with Crippen LogP contribution in [-0.2, 0) is 34.2 Å². The number of ether oxygens (including phenoxy) is 1. The van der Waals surface area contributed by atoms with Gasteiger partial charge in [-0.05, 0) is 62.7 Å². The van der Waals surface area contributed by atoms with Crippen molar-refractivity contribution in [3.8, 4) is 0 Å². The molecule has 7 aliphatic rings. The van der Waals surface area contributed by atoms with Crippen LogP contribution in [0.2, 0.25) is 0 Å². The maximum absolute atomic E-state index is 12.3. The maximum Gasteiger partial charge on any atom is 0.311 e. The zero-order chi connectivity index (χ0) is 25.6. The Balaban J connectivity index is 0.000000489. The summed E-state index contributed by atoms with van der Waals surface area (Å²) in [5, 5.41) is 6.06. The second-order valence-corrected chi connectivity index (χ2v) is 13.1. The molecular weight excluding hydrogens is 490 g/mol. The number of nitrogens with zero attached hydrogens (tertiary/aromatic N) is 1. The van der Waals surface area contributed by atoms with Crippen LogP contribution in [0.3, 0.4) is 0 Å². The van der Waals surface area contributed by atoms with E-state index < -0.39 is 33.5 Å². The molecule has 0 aromatic carbocycles. The number of piperazine rings is 1. The molecule has 2 spiro atoms. The Morgan fingerprint density at radius 2 is 1.56 bits per heavy atom. The van der Waals surface area contributed by atoms with Crippen LogP contribution in [0.5, 0.6) is 0 Å². The minimum atomic E-state index is -3.67. The van der Waals surface area contributed by atoms with Gasteiger partial charge in [0.2, 0.25) is 11.6 Å². The predicted octanol–water partition coefficient (Wildman–Crippen LogP) is 1.06. The lowest BCUT2D eigenvalue weighted by Gasteiger charge is -2.57. The third kappa shape index (κ3) is 5.58. The van der Waals surface area contributed by atoms with Crippen LogP contribution in [-0.4, -0.2) is 80.2 Å². The molecule has 2 aliphatic heterocycles. The van der Waals surface area contributed by atoms with E-state index in [4.69, 9.17) is 19.1 Å². The maximum atomic E-state index is 12.3. The smallest absolute Gasteiger partial charge is 0.311 e. The van der Waals surface area contributed by atoms with Crippen molar-refractivity contribution in [2.24, 2.45) is 29.6 Å². The molecular formula is C24H39N3O8S. The van der Waals surface area contributed by atoms with Crippen molar-refractivity contribution in [3.63, 3.8) is 0 Å². The van der Waals surface area contributed by atoms with Crippen molar-refractivity contribution in [2.45, 2.75) is 69.4 Å². The Hall–Kier alpha value is -1.31. The van der Waals surface area contributed by atoms with E-state index in [1.807, 2.05) is 0 Å². The molecule has 0 radical (unpaired) electrons. The van der Waals surface area contributed by atoms with E-state index in [1.165, 1.54) is 32.1 Å². The fraction of sp³-hybridized carbons (Fsp3) is 0.917.